The number of carbonyl (C=O) groups excluding carboxylic acids is 1. The van der Waals surface area contributed by atoms with E-state index in [-0.39, 0.29) is 0 Å². The monoisotopic (exact) mass is 253 g/mol. The molecule has 0 fully saturated rings. The molecule has 1 heterocycles. The Morgan fingerprint density at radius 3 is 2.42 bits per heavy atom. The second-order valence-electron chi connectivity index (χ2n) is 4.68. The first-order valence-corrected chi connectivity index (χ1v) is 6.52. The van der Waals surface area contributed by atoms with E-state index >= 15 is 0 Å². The molecule has 2 aromatic rings. The Bertz CT molecular complexity index is 603. The number of rotatable bonds is 4. The van der Waals surface area contributed by atoms with Crippen LogP contribution in [0.4, 0.5) is 0 Å². The van der Waals surface area contributed by atoms with Gasteiger partial charge < -0.3 is 4.57 Å². The third-order valence-corrected chi connectivity index (χ3v) is 3.64. The molecule has 0 saturated heterocycles. The maximum atomic E-state index is 11.3. The van der Waals surface area contributed by atoms with E-state index in [0.29, 0.717) is 0 Å². The summed E-state index contributed by atoms with van der Waals surface area (Å²) in [6, 6.07) is 8.41. The average Bonchev–Trinajstić information content (AvgIpc) is 2.68. The molecule has 0 aliphatic rings. The lowest BCUT2D eigenvalue weighted by Gasteiger charge is -2.11. The van der Waals surface area contributed by atoms with Crippen LogP contribution in [0, 0.1) is 13.8 Å². The van der Waals surface area contributed by atoms with Gasteiger partial charge in [0.2, 0.25) is 0 Å². The van der Waals surface area contributed by atoms with E-state index in [1.165, 1.54) is 5.56 Å². The van der Waals surface area contributed by atoms with E-state index < -0.39 is 0 Å². The molecular formula is C17H19NO. The Labute approximate surface area is 114 Å². The van der Waals surface area contributed by atoms with Crippen molar-refractivity contribution in [3.05, 3.63) is 58.9 Å². The minimum absolute atomic E-state index is 0.731. The zero-order valence-corrected chi connectivity index (χ0v) is 11.7. The Morgan fingerprint density at radius 2 is 1.89 bits per heavy atom. The lowest BCUT2D eigenvalue weighted by Crippen LogP contribution is -2.00. The van der Waals surface area contributed by atoms with Crippen LogP contribution in [0.15, 0.2) is 30.8 Å². The predicted octanol–water partition coefficient (Wildman–Crippen LogP) is 4.11. The van der Waals surface area contributed by atoms with Gasteiger partial charge in [0.05, 0.1) is 0 Å². The summed E-state index contributed by atoms with van der Waals surface area (Å²) < 4.78 is 2.12. The van der Waals surface area contributed by atoms with E-state index in [4.69, 9.17) is 0 Å². The summed E-state index contributed by atoms with van der Waals surface area (Å²) in [5.74, 6) is 0. The van der Waals surface area contributed by atoms with Crippen LogP contribution in [-0.2, 0) is 6.42 Å². The highest BCUT2D eigenvalue weighted by Crippen LogP contribution is 2.26. The van der Waals surface area contributed by atoms with Crippen molar-refractivity contribution in [3.8, 4) is 5.69 Å². The van der Waals surface area contributed by atoms with Crippen molar-refractivity contribution >= 4 is 12.4 Å². The molecule has 0 N–H and O–H groups in total. The van der Waals surface area contributed by atoms with Crippen molar-refractivity contribution in [2.45, 2.75) is 27.2 Å². The maximum Gasteiger partial charge on any atom is 0.152 e. The molecule has 0 spiro atoms. The van der Waals surface area contributed by atoms with Crippen LogP contribution in [0.1, 0.15) is 39.8 Å². The molecular weight excluding hydrogens is 234 g/mol. The van der Waals surface area contributed by atoms with Crippen molar-refractivity contribution in [3.63, 3.8) is 0 Å². The Balaban J connectivity index is 2.71. The van der Waals surface area contributed by atoms with Crippen LogP contribution < -0.4 is 0 Å². The zero-order valence-electron chi connectivity index (χ0n) is 11.7. The lowest BCUT2D eigenvalue weighted by atomic mass is 10.1. The highest BCUT2D eigenvalue weighted by atomic mass is 16.1. The molecule has 98 valence electrons. The minimum Gasteiger partial charge on any atom is -0.317 e. The number of aromatic nitrogens is 1. The largest absolute Gasteiger partial charge is 0.317 e. The molecule has 0 saturated carbocycles. The van der Waals surface area contributed by atoms with Crippen LogP contribution in [0.25, 0.3) is 11.8 Å². The number of aldehydes is 1. The van der Waals surface area contributed by atoms with Gasteiger partial charge in [-0.3, -0.25) is 4.79 Å². The molecule has 0 atom stereocenters. The molecule has 19 heavy (non-hydrogen) atoms. The summed E-state index contributed by atoms with van der Waals surface area (Å²) >= 11 is 0. The first-order valence-electron chi connectivity index (χ1n) is 6.52. The van der Waals surface area contributed by atoms with Gasteiger partial charge in [-0.1, -0.05) is 31.7 Å². The first kappa shape index (κ1) is 13.3. The fourth-order valence-electron chi connectivity index (χ4n) is 2.59. The summed E-state index contributed by atoms with van der Waals surface area (Å²) in [6.07, 6.45) is 3.67. The maximum absolute atomic E-state index is 11.3. The second-order valence-corrected chi connectivity index (χ2v) is 4.68. The molecule has 0 unspecified atom stereocenters. The second kappa shape index (κ2) is 5.27. The number of nitrogens with zero attached hydrogens (tertiary/aromatic N) is 1. The van der Waals surface area contributed by atoms with Gasteiger partial charge in [0.15, 0.2) is 6.29 Å². The third-order valence-electron chi connectivity index (χ3n) is 3.64. The summed E-state index contributed by atoms with van der Waals surface area (Å²) in [5, 5.41) is 0. The van der Waals surface area contributed by atoms with Crippen LogP contribution in [0.5, 0.6) is 0 Å². The number of hydrogen-bond acceptors (Lipinski definition) is 1. The highest BCUT2D eigenvalue weighted by Gasteiger charge is 2.16. The van der Waals surface area contributed by atoms with Gasteiger partial charge in [0.25, 0.3) is 0 Å². The predicted molar refractivity (Wildman–Crippen MR) is 80.1 cm³/mol. The summed E-state index contributed by atoms with van der Waals surface area (Å²) in [6.45, 7) is 9.95. The minimum atomic E-state index is 0.731. The first-order chi connectivity index (χ1) is 9.13. The normalized spacial score (nSPS) is 10.5. The molecule has 0 aliphatic carbocycles. The van der Waals surface area contributed by atoms with Crippen molar-refractivity contribution in [1.82, 2.24) is 4.57 Å². The standard InChI is InChI=1S/C17H19NO/c1-5-14-8-7-9-15(10-14)18-12(3)16(6-2)17(11-19)13(18)4/h6-11H,2,5H2,1,3-4H3. The summed E-state index contributed by atoms with van der Waals surface area (Å²) in [4.78, 5) is 11.3. The van der Waals surface area contributed by atoms with Crippen LogP contribution in [-0.4, -0.2) is 10.9 Å². The van der Waals surface area contributed by atoms with Gasteiger partial charge in [-0.2, -0.15) is 0 Å². The number of aryl methyl sites for hydroxylation is 1. The lowest BCUT2D eigenvalue weighted by molar-refractivity contribution is 0.112. The topological polar surface area (TPSA) is 22.0 Å². The van der Waals surface area contributed by atoms with E-state index in [2.05, 4.69) is 42.3 Å². The van der Waals surface area contributed by atoms with Gasteiger partial charge >= 0.3 is 0 Å². The molecule has 0 amide bonds. The highest BCUT2D eigenvalue weighted by molar-refractivity contribution is 5.85. The molecule has 2 heteroatoms. The van der Waals surface area contributed by atoms with Crippen LogP contribution in [0.2, 0.25) is 0 Å². The average molecular weight is 253 g/mol. The molecule has 0 radical (unpaired) electrons. The quantitative estimate of drug-likeness (QED) is 0.751. The smallest absolute Gasteiger partial charge is 0.152 e. The van der Waals surface area contributed by atoms with Crippen molar-refractivity contribution in [2.75, 3.05) is 0 Å². The van der Waals surface area contributed by atoms with Crippen molar-refractivity contribution < 1.29 is 4.79 Å². The van der Waals surface area contributed by atoms with Crippen molar-refractivity contribution in [1.29, 1.82) is 0 Å². The molecule has 0 bridgehead atoms. The van der Waals surface area contributed by atoms with Crippen LogP contribution >= 0.6 is 0 Å². The SMILES string of the molecule is C=Cc1c(C=O)c(C)n(-c2cccc(CC)c2)c1C. The van der Waals surface area contributed by atoms with Crippen LogP contribution in [0.3, 0.4) is 0 Å². The van der Waals surface area contributed by atoms with Gasteiger partial charge in [-0.15, -0.1) is 0 Å². The van der Waals surface area contributed by atoms with E-state index in [9.17, 15) is 4.79 Å². The van der Waals surface area contributed by atoms with Crippen molar-refractivity contribution in [2.24, 2.45) is 0 Å². The van der Waals surface area contributed by atoms with Gasteiger partial charge in [0.1, 0.15) is 0 Å². The number of benzene rings is 1. The van der Waals surface area contributed by atoms with E-state index in [1.54, 1.807) is 6.08 Å². The Morgan fingerprint density at radius 1 is 1.21 bits per heavy atom. The van der Waals surface area contributed by atoms with Gasteiger partial charge in [0, 0.05) is 28.2 Å². The molecule has 1 aromatic carbocycles. The summed E-state index contributed by atoms with van der Waals surface area (Å²) in [7, 11) is 0. The fourth-order valence-corrected chi connectivity index (χ4v) is 2.59. The Kier molecular flexibility index (Phi) is 3.70. The van der Waals surface area contributed by atoms with E-state index in [1.807, 2.05) is 13.8 Å². The zero-order chi connectivity index (χ0) is 14.0. The summed E-state index contributed by atoms with van der Waals surface area (Å²) in [5.41, 5.74) is 6.07. The Hall–Kier alpha value is -2.09. The number of hydrogen-bond donors (Lipinski definition) is 0. The molecule has 1 aromatic heterocycles. The third kappa shape index (κ3) is 2.14. The number of carbonyl (C=O) groups is 1. The molecule has 2 nitrogen and oxygen atoms in total. The van der Waals surface area contributed by atoms with Gasteiger partial charge in [-0.25, -0.2) is 0 Å². The fraction of sp³-hybridized carbons (Fsp3) is 0.235. The van der Waals surface area contributed by atoms with Gasteiger partial charge in [-0.05, 0) is 38.0 Å². The molecule has 2 rings (SSSR count). The van der Waals surface area contributed by atoms with E-state index in [0.717, 1.165) is 40.9 Å². The molecule has 0 aliphatic heterocycles.